The first kappa shape index (κ1) is 15.9. The van der Waals surface area contributed by atoms with Gasteiger partial charge in [-0.05, 0) is 18.1 Å². The maximum atomic E-state index is 13.9. The van der Waals surface area contributed by atoms with Crippen LogP contribution >= 0.6 is 0 Å². The number of ether oxygens (including phenoxy) is 1. The van der Waals surface area contributed by atoms with Gasteiger partial charge in [-0.2, -0.15) is 0 Å². The fraction of sp³-hybridized carbons (Fsp3) is 0.562. The average Bonchev–Trinajstić information content (AvgIpc) is 2.94. The van der Waals surface area contributed by atoms with E-state index in [-0.39, 0.29) is 23.9 Å². The summed E-state index contributed by atoms with van der Waals surface area (Å²) in [6.07, 6.45) is 0.753. The number of rotatable bonds is 5. The second-order valence-electron chi connectivity index (χ2n) is 6.14. The minimum Gasteiger partial charge on any atom is -0.380 e. The lowest BCUT2D eigenvalue weighted by Crippen LogP contribution is -2.45. The standard InChI is InChI=1S/C16H23FN2O2/c1-16(2,12-6-4-5-7-13(12)17)10-19-15(20)14-8-11(21-3)9-18-14/h4-7,11,14,18H,8-10H2,1-3H3,(H,19,20)/t11-,14-/m0/s1. The van der Waals surface area contributed by atoms with Gasteiger partial charge in [-0.3, -0.25) is 4.79 Å². The van der Waals surface area contributed by atoms with Crippen molar-refractivity contribution in [2.75, 3.05) is 20.2 Å². The third-order valence-corrected chi connectivity index (χ3v) is 4.05. The minimum absolute atomic E-state index is 0.0565. The van der Waals surface area contributed by atoms with E-state index in [2.05, 4.69) is 10.6 Å². The summed E-state index contributed by atoms with van der Waals surface area (Å²) in [6, 6.07) is 6.45. The molecule has 2 N–H and O–H groups in total. The highest BCUT2D eigenvalue weighted by atomic mass is 19.1. The van der Waals surface area contributed by atoms with Gasteiger partial charge in [-0.1, -0.05) is 32.0 Å². The molecule has 0 bridgehead atoms. The zero-order valence-electron chi connectivity index (χ0n) is 12.8. The highest BCUT2D eigenvalue weighted by molar-refractivity contribution is 5.82. The molecule has 0 aromatic heterocycles. The fourth-order valence-corrected chi connectivity index (χ4v) is 2.62. The number of benzene rings is 1. The Labute approximate surface area is 125 Å². The van der Waals surface area contributed by atoms with E-state index in [1.54, 1.807) is 19.2 Å². The lowest BCUT2D eigenvalue weighted by atomic mass is 9.84. The summed E-state index contributed by atoms with van der Waals surface area (Å²) in [5, 5.41) is 6.05. The molecule has 0 saturated carbocycles. The molecule has 0 spiro atoms. The smallest absolute Gasteiger partial charge is 0.237 e. The van der Waals surface area contributed by atoms with Gasteiger partial charge < -0.3 is 15.4 Å². The predicted octanol–water partition coefficient (Wildman–Crippen LogP) is 1.60. The van der Waals surface area contributed by atoms with Crippen LogP contribution in [0.4, 0.5) is 4.39 Å². The molecular weight excluding hydrogens is 271 g/mol. The maximum absolute atomic E-state index is 13.9. The van der Waals surface area contributed by atoms with E-state index in [0.29, 0.717) is 25.1 Å². The minimum atomic E-state index is -0.458. The highest BCUT2D eigenvalue weighted by Crippen LogP contribution is 2.25. The van der Waals surface area contributed by atoms with Gasteiger partial charge >= 0.3 is 0 Å². The van der Waals surface area contributed by atoms with Gasteiger partial charge in [0.1, 0.15) is 5.82 Å². The first-order valence-corrected chi connectivity index (χ1v) is 7.23. The van der Waals surface area contributed by atoms with E-state index < -0.39 is 5.41 Å². The van der Waals surface area contributed by atoms with Gasteiger partial charge in [0.2, 0.25) is 5.91 Å². The Bertz CT molecular complexity index is 505. The number of carbonyl (C=O) groups is 1. The Hall–Kier alpha value is -1.46. The summed E-state index contributed by atoms with van der Waals surface area (Å²) in [7, 11) is 1.65. The molecule has 1 aliphatic heterocycles. The van der Waals surface area contributed by atoms with Gasteiger partial charge in [0.05, 0.1) is 12.1 Å². The molecule has 0 unspecified atom stereocenters. The second-order valence-corrected chi connectivity index (χ2v) is 6.14. The average molecular weight is 294 g/mol. The maximum Gasteiger partial charge on any atom is 0.237 e. The zero-order valence-corrected chi connectivity index (χ0v) is 12.8. The van der Waals surface area contributed by atoms with E-state index in [0.717, 1.165) is 0 Å². The number of carbonyl (C=O) groups excluding carboxylic acids is 1. The van der Waals surface area contributed by atoms with Crippen LogP contribution in [0.1, 0.15) is 25.8 Å². The van der Waals surface area contributed by atoms with Crippen LogP contribution in [0.25, 0.3) is 0 Å². The molecule has 116 valence electrons. The van der Waals surface area contributed by atoms with Gasteiger partial charge in [-0.25, -0.2) is 4.39 Å². The molecule has 1 heterocycles. The quantitative estimate of drug-likeness (QED) is 0.867. The van der Waals surface area contributed by atoms with Crippen molar-refractivity contribution in [2.45, 2.75) is 37.8 Å². The Morgan fingerprint density at radius 2 is 2.19 bits per heavy atom. The molecule has 0 aliphatic carbocycles. The van der Waals surface area contributed by atoms with Crippen LogP contribution in [-0.2, 0) is 14.9 Å². The van der Waals surface area contributed by atoms with Crippen molar-refractivity contribution < 1.29 is 13.9 Å². The van der Waals surface area contributed by atoms with Gasteiger partial charge in [-0.15, -0.1) is 0 Å². The van der Waals surface area contributed by atoms with Crippen LogP contribution in [-0.4, -0.2) is 38.3 Å². The van der Waals surface area contributed by atoms with Crippen LogP contribution in [0.5, 0.6) is 0 Å². The molecule has 1 aromatic rings. The van der Waals surface area contributed by atoms with Crippen molar-refractivity contribution in [3.63, 3.8) is 0 Å². The molecule has 21 heavy (non-hydrogen) atoms. The van der Waals surface area contributed by atoms with Gasteiger partial charge in [0.25, 0.3) is 0 Å². The van der Waals surface area contributed by atoms with Crippen molar-refractivity contribution in [2.24, 2.45) is 0 Å². The van der Waals surface area contributed by atoms with E-state index in [4.69, 9.17) is 4.74 Å². The Morgan fingerprint density at radius 1 is 1.48 bits per heavy atom. The molecule has 1 fully saturated rings. The van der Waals surface area contributed by atoms with E-state index in [1.807, 2.05) is 19.9 Å². The Morgan fingerprint density at radius 3 is 2.81 bits per heavy atom. The van der Waals surface area contributed by atoms with Crippen molar-refractivity contribution in [1.82, 2.24) is 10.6 Å². The van der Waals surface area contributed by atoms with E-state index in [9.17, 15) is 9.18 Å². The van der Waals surface area contributed by atoms with Crippen LogP contribution in [0.3, 0.4) is 0 Å². The molecular formula is C16H23FN2O2. The number of amides is 1. The Balaban J connectivity index is 1.93. The number of hydrogen-bond donors (Lipinski definition) is 2. The fourth-order valence-electron chi connectivity index (χ4n) is 2.62. The first-order chi connectivity index (χ1) is 9.94. The molecule has 1 aromatic carbocycles. The van der Waals surface area contributed by atoms with Crippen LogP contribution in [0, 0.1) is 5.82 Å². The highest BCUT2D eigenvalue weighted by Gasteiger charge is 2.31. The van der Waals surface area contributed by atoms with Crippen LogP contribution in [0.15, 0.2) is 24.3 Å². The number of methoxy groups -OCH3 is 1. The van der Waals surface area contributed by atoms with Gasteiger partial charge in [0.15, 0.2) is 0 Å². The molecule has 1 saturated heterocycles. The number of hydrogen-bond acceptors (Lipinski definition) is 3. The lowest BCUT2D eigenvalue weighted by molar-refractivity contribution is -0.123. The molecule has 0 radical (unpaired) electrons. The summed E-state index contributed by atoms with van der Waals surface area (Å²) < 4.78 is 19.1. The number of nitrogens with one attached hydrogen (secondary N) is 2. The SMILES string of the molecule is CO[C@@H]1CN[C@H](C(=O)NCC(C)(C)c2ccccc2F)C1. The first-order valence-electron chi connectivity index (χ1n) is 7.23. The monoisotopic (exact) mass is 294 g/mol. The Kier molecular flexibility index (Phi) is 4.96. The third-order valence-electron chi connectivity index (χ3n) is 4.05. The van der Waals surface area contributed by atoms with Crippen LogP contribution < -0.4 is 10.6 Å². The summed E-state index contributed by atoms with van der Waals surface area (Å²) in [6.45, 7) is 4.92. The normalized spacial score (nSPS) is 22.3. The summed E-state index contributed by atoms with van der Waals surface area (Å²) in [5.41, 5.74) is 0.153. The van der Waals surface area contributed by atoms with E-state index in [1.165, 1.54) is 6.07 Å². The zero-order chi connectivity index (χ0) is 15.5. The number of halogens is 1. The second kappa shape index (κ2) is 6.54. The van der Waals surface area contributed by atoms with Crippen LogP contribution in [0.2, 0.25) is 0 Å². The molecule has 4 nitrogen and oxygen atoms in total. The van der Waals surface area contributed by atoms with E-state index >= 15 is 0 Å². The molecule has 2 atom stereocenters. The molecule has 1 aliphatic rings. The molecule has 2 rings (SSSR count). The van der Waals surface area contributed by atoms with Crippen molar-refractivity contribution in [3.05, 3.63) is 35.6 Å². The topological polar surface area (TPSA) is 50.4 Å². The lowest BCUT2D eigenvalue weighted by Gasteiger charge is -2.26. The third kappa shape index (κ3) is 3.80. The van der Waals surface area contributed by atoms with Crippen molar-refractivity contribution in [3.8, 4) is 0 Å². The van der Waals surface area contributed by atoms with Crippen molar-refractivity contribution in [1.29, 1.82) is 0 Å². The molecule has 5 heteroatoms. The molecule has 1 amide bonds. The predicted molar refractivity (Wildman–Crippen MR) is 79.6 cm³/mol. The summed E-state index contributed by atoms with van der Waals surface area (Å²) >= 11 is 0. The van der Waals surface area contributed by atoms with Crippen molar-refractivity contribution >= 4 is 5.91 Å². The summed E-state index contributed by atoms with van der Waals surface area (Å²) in [5.74, 6) is -0.297. The summed E-state index contributed by atoms with van der Waals surface area (Å²) in [4.78, 5) is 12.1. The van der Waals surface area contributed by atoms with Gasteiger partial charge in [0, 0.05) is 25.6 Å². The largest absolute Gasteiger partial charge is 0.380 e.